The molecule has 3 rings (SSSR count). The van der Waals surface area contributed by atoms with E-state index < -0.39 is 5.41 Å². The summed E-state index contributed by atoms with van der Waals surface area (Å²) in [6.45, 7) is 4.05. The highest BCUT2D eigenvalue weighted by Crippen LogP contribution is 2.51. The lowest BCUT2D eigenvalue weighted by atomic mass is 9.94. The molecule has 1 aliphatic heterocycles. The first-order valence-electron chi connectivity index (χ1n) is 7.34. The van der Waals surface area contributed by atoms with E-state index in [4.69, 9.17) is 11.6 Å². The molecule has 2 amide bonds. The van der Waals surface area contributed by atoms with Crippen LogP contribution in [0.5, 0.6) is 0 Å². The molecule has 0 unspecified atom stereocenters. The van der Waals surface area contributed by atoms with Crippen molar-refractivity contribution in [2.75, 3.05) is 26.2 Å². The standard InChI is InChI=1S/C16H19ClN2O2/c1-12(20)18-8-10-19(11-9-18)15(21)16(6-7-16)13-4-2-3-5-14(13)17/h2-5H,6-11H2,1H3. The minimum atomic E-state index is -0.420. The Kier molecular flexibility index (Phi) is 3.66. The first kappa shape index (κ1) is 14.4. The van der Waals surface area contributed by atoms with Crippen LogP contribution in [0.2, 0.25) is 5.02 Å². The molecule has 1 aromatic rings. The summed E-state index contributed by atoms with van der Waals surface area (Å²) in [5.74, 6) is 0.244. The van der Waals surface area contributed by atoms with Crippen LogP contribution in [0.4, 0.5) is 0 Å². The maximum absolute atomic E-state index is 12.9. The smallest absolute Gasteiger partial charge is 0.233 e. The van der Waals surface area contributed by atoms with Gasteiger partial charge in [0.2, 0.25) is 11.8 Å². The molecule has 2 aliphatic rings. The highest BCUT2D eigenvalue weighted by molar-refractivity contribution is 6.31. The molecule has 1 saturated carbocycles. The molecule has 0 spiro atoms. The van der Waals surface area contributed by atoms with Gasteiger partial charge < -0.3 is 9.80 Å². The predicted octanol–water partition coefficient (Wildman–Crippen LogP) is 2.06. The Labute approximate surface area is 129 Å². The lowest BCUT2D eigenvalue weighted by molar-refractivity contribution is -0.140. The molecule has 0 N–H and O–H groups in total. The van der Waals surface area contributed by atoms with Crippen molar-refractivity contribution in [3.8, 4) is 0 Å². The molecule has 1 heterocycles. The van der Waals surface area contributed by atoms with Crippen LogP contribution in [0.25, 0.3) is 0 Å². The number of piperazine rings is 1. The summed E-state index contributed by atoms with van der Waals surface area (Å²) in [5, 5.41) is 0.672. The van der Waals surface area contributed by atoms with Gasteiger partial charge in [0.25, 0.3) is 0 Å². The summed E-state index contributed by atoms with van der Waals surface area (Å²) in [7, 11) is 0. The number of benzene rings is 1. The lowest BCUT2D eigenvalue weighted by Gasteiger charge is -2.36. The van der Waals surface area contributed by atoms with Crippen LogP contribution in [0.15, 0.2) is 24.3 Å². The fraction of sp³-hybridized carbons (Fsp3) is 0.500. The van der Waals surface area contributed by atoms with Gasteiger partial charge in [0.05, 0.1) is 5.41 Å². The number of carbonyl (C=O) groups excluding carboxylic acids is 2. The van der Waals surface area contributed by atoms with Crippen LogP contribution in [0.3, 0.4) is 0 Å². The first-order valence-corrected chi connectivity index (χ1v) is 7.72. The molecule has 1 aliphatic carbocycles. The summed E-state index contributed by atoms with van der Waals surface area (Å²) in [6, 6.07) is 7.62. The van der Waals surface area contributed by atoms with E-state index in [1.807, 2.05) is 29.2 Å². The van der Waals surface area contributed by atoms with Gasteiger partial charge in [-0.2, -0.15) is 0 Å². The SMILES string of the molecule is CC(=O)N1CCN(C(=O)C2(c3ccccc3Cl)CC2)CC1. The van der Waals surface area contributed by atoms with Crippen LogP contribution in [0, 0.1) is 0 Å². The van der Waals surface area contributed by atoms with Gasteiger partial charge in [0.1, 0.15) is 0 Å². The highest BCUT2D eigenvalue weighted by atomic mass is 35.5. The molecule has 2 fully saturated rings. The molecule has 0 atom stereocenters. The van der Waals surface area contributed by atoms with Crippen molar-refractivity contribution in [2.45, 2.75) is 25.2 Å². The number of halogens is 1. The molecule has 4 nitrogen and oxygen atoms in total. The van der Waals surface area contributed by atoms with E-state index in [0.29, 0.717) is 31.2 Å². The minimum Gasteiger partial charge on any atom is -0.339 e. The minimum absolute atomic E-state index is 0.0781. The van der Waals surface area contributed by atoms with E-state index in [1.165, 1.54) is 0 Å². The third-order valence-corrected chi connectivity index (χ3v) is 4.89. The maximum atomic E-state index is 12.9. The number of hydrogen-bond donors (Lipinski definition) is 0. The van der Waals surface area contributed by atoms with Crippen molar-refractivity contribution in [3.63, 3.8) is 0 Å². The van der Waals surface area contributed by atoms with Gasteiger partial charge in [-0.05, 0) is 24.5 Å². The molecular weight excluding hydrogens is 288 g/mol. The monoisotopic (exact) mass is 306 g/mol. The Bertz CT molecular complexity index is 575. The Morgan fingerprint density at radius 1 is 1.05 bits per heavy atom. The summed E-state index contributed by atoms with van der Waals surface area (Å²) < 4.78 is 0. The average molecular weight is 307 g/mol. The third-order valence-electron chi connectivity index (χ3n) is 4.56. The van der Waals surface area contributed by atoms with Gasteiger partial charge in [-0.15, -0.1) is 0 Å². The topological polar surface area (TPSA) is 40.6 Å². The molecule has 5 heteroatoms. The highest BCUT2D eigenvalue weighted by Gasteiger charge is 2.54. The van der Waals surface area contributed by atoms with Crippen LogP contribution < -0.4 is 0 Å². The summed E-state index contributed by atoms with van der Waals surface area (Å²) in [6.07, 6.45) is 1.73. The van der Waals surface area contributed by atoms with Gasteiger partial charge in [0.15, 0.2) is 0 Å². The molecule has 112 valence electrons. The Morgan fingerprint density at radius 3 is 2.14 bits per heavy atom. The van der Waals surface area contributed by atoms with Crippen LogP contribution in [-0.2, 0) is 15.0 Å². The number of rotatable bonds is 2. The van der Waals surface area contributed by atoms with E-state index in [0.717, 1.165) is 18.4 Å². The summed E-state index contributed by atoms with van der Waals surface area (Å²) >= 11 is 6.27. The van der Waals surface area contributed by atoms with Crippen molar-refractivity contribution < 1.29 is 9.59 Å². The van der Waals surface area contributed by atoms with Crippen molar-refractivity contribution >= 4 is 23.4 Å². The maximum Gasteiger partial charge on any atom is 0.233 e. The average Bonchev–Trinajstić information content (AvgIpc) is 3.28. The van der Waals surface area contributed by atoms with Crippen molar-refractivity contribution in [1.29, 1.82) is 0 Å². The second kappa shape index (κ2) is 5.34. The Balaban J connectivity index is 1.75. The number of hydrogen-bond acceptors (Lipinski definition) is 2. The van der Waals surface area contributed by atoms with Gasteiger partial charge >= 0.3 is 0 Å². The Morgan fingerprint density at radius 2 is 1.62 bits per heavy atom. The number of nitrogens with zero attached hydrogens (tertiary/aromatic N) is 2. The molecule has 0 aromatic heterocycles. The van der Waals surface area contributed by atoms with E-state index in [-0.39, 0.29) is 11.8 Å². The van der Waals surface area contributed by atoms with E-state index in [9.17, 15) is 9.59 Å². The zero-order valence-corrected chi connectivity index (χ0v) is 12.9. The largest absolute Gasteiger partial charge is 0.339 e. The molecule has 0 bridgehead atoms. The van der Waals surface area contributed by atoms with Gasteiger partial charge in [-0.3, -0.25) is 9.59 Å². The van der Waals surface area contributed by atoms with Crippen LogP contribution >= 0.6 is 11.6 Å². The second-order valence-corrected chi connectivity index (χ2v) is 6.27. The first-order chi connectivity index (χ1) is 10.0. The van der Waals surface area contributed by atoms with E-state index in [1.54, 1.807) is 11.8 Å². The lowest BCUT2D eigenvalue weighted by Crippen LogP contribution is -2.52. The molecule has 1 aromatic carbocycles. The molecule has 0 radical (unpaired) electrons. The second-order valence-electron chi connectivity index (χ2n) is 5.86. The summed E-state index contributed by atoms with van der Waals surface area (Å²) in [5.41, 5.74) is 0.530. The summed E-state index contributed by atoms with van der Waals surface area (Å²) in [4.78, 5) is 27.9. The van der Waals surface area contributed by atoms with E-state index in [2.05, 4.69) is 0 Å². The zero-order valence-electron chi connectivity index (χ0n) is 12.1. The molecule has 1 saturated heterocycles. The van der Waals surface area contributed by atoms with Crippen molar-refractivity contribution in [1.82, 2.24) is 9.80 Å². The number of carbonyl (C=O) groups is 2. The number of amides is 2. The van der Waals surface area contributed by atoms with E-state index >= 15 is 0 Å². The van der Waals surface area contributed by atoms with Crippen LogP contribution in [0.1, 0.15) is 25.3 Å². The van der Waals surface area contributed by atoms with Crippen molar-refractivity contribution in [2.24, 2.45) is 0 Å². The normalized spacial score (nSPS) is 20.3. The van der Waals surface area contributed by atoms with Crippen molar-refractivity contribution in [3.05, 3.63) is 34.9 Å². The Hall–Kier alpha value is -1.55. The fourth-order valence-electron chi connectivity index (χ4n) is 3.10. The molecular formula is C16H19ClN2O2. The zero-order chi connectivity index (χ0) is 15.0. The third kappa shape index (κ3) is 2.53. The van der Waals surface area contributed by atoms with Gasteiger partial charge in [-0.25, -0.2) is 0 Å². The van der Waals surface area contributed by atoms with Crippen LogP contribution in [-0.4, -0.2) is 47.8 Å². The van der Waals surface area contributed by atoms with Gasteiger partial charge in [-0.1, -0.05) is 29.8 Å². The van der Waals surface area contributed by atoms with Gasteiger partial charge in [0, 0.05) is 38.1 Å². The quantitative estimate of drug-likeness (QED) is 0.839. The molecule has 21 heavy (non-hydrogen) atoms. The fourth-order valence-corrected chi connectivity index (χ4v) is 3.42. The predicted molar refractivity (Wildman–Crippen MR) is 81.2 cm³/mol.